The normalized spacial score (nSPS) is 17.3. The number of unbranched alkanes of at least 4 members (excludes halogenated alkanes) is 1. The van der Waals surface area contributed by atoms with E-state index < -0.39 is 0 Å². The van der Waals surface area contributed by atoms with Crippen molar-refractivity contribution in [3.63, 3.8) is 0 Å². The fraction of sp³-hybridized carbons (Fsp3) is 0.448. The Kier molecular flexibility index (Phi) is 8.66. The Morgan fingerprint density at radius 3 is 2.27 bits per heavy atom. The van der Waals surface area contributed by atoms with Crippen LogP contribution in [0.1, 0.15) is 42.5 Å². The Morgan fingerprint density at radius 1 is 0.727 bits per heavy atom. The lowest BCUT2D eigenvalue weighted by molar-refractivity contribution is 0.140. The molecule has 1 fully saturated rings. The fourth-order valence-corrected chi connectivity index (χ4v) is 5.55. The van der Waals surface area contributed by atoms with E-state index in [9.17, 15) is 0 Å². The summed E-state index contributed by atoms with van der Waals surface area (Å²) in [6.07, 6.45) is 12.4. The van der Waals surface area contributed by atoms with Crippen LogP contribution < -0.4 is 0 Å². The molecule has 0 radical (unpaired) electrons. The van der Waals surface area contributed by atoms with Crippen molar-refractivity contribution in [3.8, 4) is 0 Å². The first-order valence-corrected chi connectivity index (χ1v) is 12.6. The quantitative estimate of drug-likeness (QED) is 0.376. The highest BCUT2D eigenvalue weighted by molar-refractivity contribution is 5.86. The molecule has 0 unspecified atom stereocenters. The lowest BCUT2D eigenvalue weighted by Gasteiger charge is -2.34. The van der Waals surface area contributed by atoms with Crippen LogP contribution in [0.15, 0.2) is 60.7 Å². The van der Waals surface area contributed by atoms with Gasteiger partial charge in [-0.3, -0.25) is 4.90 Å². The molecule has 2 heterocycles. The van der Waals surface area contributed by atoms with Gasteiger partial charge in [-0.25, -0.2) is 0 Å². The number of rotatable bonds is 8. The van der Waals surface area contributed by atoms with Crippen molar-refractivity contribution in [2.45, 2.75) is 45.1 Å². The minimum atomic E-state index is 0. The molecular formula is C29H38ClN3. The van der Waals surface area contributed by atoms with Gasteiger partial charge < -0.3 is 9.47 Å². The van der Waals surface area contributed by atoms with Crippen LogP contribution in [-0.2, 0) is 19.4 Å². The minimum absolute atomic E-state index is 0. The third-order valence-corrected chi connectivity index (χ3v) is 7.33. The molecule has 176 valence electrons. The minimum Gasteiger partial charge on any atom is -0.344 e. The van der Waals surface area contributed by atoms with Gasteiger partial charge in [0.05, 0.1) is 0 Å². The predicted octanol–water partition coefficient (Wildman–Crippen LogP) is 6.05. The Morgan fingerprint density at radius 2 is 1.42 bits per heavy atom. The average molecular weight is 464 g/mol. The summed E-state index contributed by atoms with van der Waals surface area (Å²) in [5.41, 5.74) is 6.04. The Balaban J connectivity index is 0.00000259. The van der Waals surface area contributed by atoms with Crippen molar-refractivity contribution in [2.75, 3.05) is 39.3 Å². The maximum absolute atomic E-state index is 2.67. The van der Waals surface area contributed by atoms with E-state index >= 15 is 0 Å². The van der Waals surface area contributed by atoms with E-state index in [2.05, 4.69) is 81.1 Å². The number of fused-ring (bicyclic) bond motifs is 3. The second-order valence-electron chi connectivity index (χ2n) is 9.46. The first-order chi connectivity index (χ1) is 15.9. The molecule has 0 N–H and O–H groups in total. The summed E-state index contributed by atoms with van der Waals surface area (Å²) in [7, 11) is 0. The van der Waals surface area contributed by atoms with E-state index in [1.54, 1.807) is 11.3 Å². The van der Waals surface area contributed by atoms with Gasteiger partial charge in [0.1, 0.15) is 0 Å². The number of benzene rings is 2. The summed E-state index contributed by atoms with van der Waals surface area (Å²) in [5, 5.41) is 1.51. The largest absolute Gasteiger partial charge is 0.344 e. The highest BCUT2D eigenvalue weighted by atomic mass is 35.5. The average Bonchev–Trinajstić information content (AvgIpc) is 3.17. The number of halogens is 1. The van der Waals surface area contributed by atoms with E-state index in [0.717, 1.165) is 6.54 Å². The topological polar surface area (TPSA) is 11.4 Å². The van der Waals surface area contributed by atoms with E-state index in [4.69, 9.17) is 0 Å². The standard InChI is InChI=1S/C29H37N3.ClH/c1-2-11-25(12-3-1)13-10-19-31-23-21-30(22-24-31)18-8-9-20-32-28-16-6-4-14-26(28)27-15-5-7-17-29(27)32;/h1-4,6,10-14,16H,5,7-9,15,17-24H2;1H/b13-10+;. The van der Waals surface area contributed by atoms with Crippen LogP contribution in [-0.4, -0.2) is 53.6 Å². The van der Waals surface area contributed by atoms with Gasteiger partial charge in [0.15, 0.2) is 0 Å². The van der Waals surface area contributed by atoms with Crippen molar-refractivity contribution in [3.05, 3.63) is 77.5 Å². The molecule has 1 aromatic heterocycles. The molecule has 3 nitrogen and oxygen atoms in total. The van der Waals surface area contributed by atoms with Crippen molar-refractivity contribution in [1.29, 1.82) is 0 Å². The molecule has 0 saturated carbocycles. The first kappa shape index (κ1) is 24.1. The van der Waals surface area contributed by atoms with E-state index in [0.29, 0.717) is 0 Å². The highest BCUT2D eigenvalue weighted by Crippen LogP contribution is 2.32. The van der Waals surface area contributed by atoms with E-state index in [1.165, 1.54) is 94.3 Å². The summed E-state index contributed by atoms with van der Waals surface area (Å²) in [6.45, 7) is 8.29. The van der Waals surface area contributed by atoms with E-state index in [1.807, 2.05) is 0 Å². The van der Waals surface area contributed by atoms with Crippen LogP contribution in [0, 0.1) is 0 Å². The van der Waals surface area contributed by atoms with Gasteiger partial charge in [-0.05, 0) is 62.3 Å². The van der Waals surface area contributed by atoms with Crippen LogP contribution in [0.5, 0.6) is 0 Å². The third-order valence-electron chi connectivity index (χ3n) is 7.33. The zero-order valence-electron chi connectivity index (χ0n) is 19.8. The first-order valence-electron chi connectivity index (χ1n) is 12.6. The zero-order chi connectivity index (χ0) is 21.6. The number of piperazine rings is 1. The smallest absolute Gasteiger partial charge is 0.0485 e. The number of hydrogen-bond donors (Lipinski definition) is 0. The van der Waals surface area contributed by atoms with Crippen molar-refractivity contribution in [2.24, 2.45) is 0 Å². The van der Waals surface area contributed by atoms with Crippen molar-refractivity contribution >= 4 is 29.4 Å². The molecule has 0 atom stereocenters. The van der Waals surface area contributed by atoms with Gasteiger partial charge in [0.2, 0.25) is 0 Å². The van der Waals surface area contributed by atoms with Crippen LogP contribution in [0.4, 0.5) is 0 Å². The maximum atomic E-state index is 2.67. The van der Waals surface area contributed by atoms with Crippen LogP contribution in [0.25, 0.3) is 17.0 Å². The Hall–Kier alpha value is -2.07. The molecule has 4 heteroatoms. The summed E-state index contributed by atoms with van der Waals surface area (Å²) >= 11 is 0. The zero-order valence-corrected chi connectivity index (χ0v) is 20.6. The van der Waals surface area contributed by atoms with Crippen LogP contribution >= 0.6 is 12.4 Å². The number of aryl methyl sites for hydroxylation is 2. The van der Waals surface area contributed by atoms with Gasteiger partial charge in [0, 0.05) is 55.9 Å². The molecule has 33 heavy (non-hydrogen) atoms. The molecule has 1 saturated heterocycles. The van der Waals surface area contributed by atoms with Gasteiger partial charge >= 0.3 is 0 Å². The number of nitrogens with zero attached hydrogens (tertiary/aromatic N) is 3. The van der Waals surface area contributed by atoms with Gasteiger partial charge in [-0.1, -0.05) is 60.7 Å². The Bertz CT molecular complexity index is 1030. The molecule has 2 aromatic carbocycles. The second kappa shape index (κ2) is 11.9. The number of hydrogen-bond acceptors (Lipinski definition) is 2. The monoisotopic (exact) mass is 463 g/mol. The van der Waals surface area contributed by atoms with Crippen molar-refractivity contribution in [1.82, 2.24) is 14.4 Å². The number of aromatic nitrogens is 1. The maximum Gasteiger partial charge on any atom is 0.0485 e. The lowest BCUT2D eigenvalue weighted by atomic mass is 9.95. The molecule has 5 rings (SSSR count). The summed E-state index contributed by atoms with van der Waals surface area (Å²) in [5.74, 6) is 0. The van der Waals surface area contributed by atoms with Gasteiger partial charge in [0.25, 0.3) is 0 Å². The predicted molar refractivity (Wildman–Crippen MR) is 143 cm³/mol. The fourth-order valence-electron chi connectivity index (χ4n) is 5.55. The molecule has 3 aromatic rings. The Labute approximate surface area is 205 Å². The van der Waals surface area contributed by atoms with Crippen LogP contribution in [0.3, 0.4) is 0 Å². The number of para-hydroxylation sites is 1. The van der Waals surface area contributed by atoms with Gasteiger partial charge in [-0.15, -0.1) is 12.4 Å². The van der Waals surface area contributed by atoms with Crippen molar-refractivity contribution < 1.29 is 0 Å². The van der Waals surface area contributed by atoms with Crippen LogP contribution in [0.2, 0.25) is 0 Å². The molecule has 0 bridgehead atoms. The summed E-state index contributed by atoms with van der Waals surface area (Å²) in [4.78, 5) is 5.24. The molecule has 2 aliphatic rings. The second-order valence-corrected chi connectivity index (χ2v) is 9.46. The lowest BCUT2D eigenvalue weighted by Crippen LogP contribution is -2.46. The van der Waals surface area contributed by atoms with E-state index in [-0.39, 0.29) is 12.4 Å². The summed E-state index contributed by atoms with van der Waals surface area (Å²) < 4.78 is 2.65. The highest BCUT2D eigenvalue weighted by Gasteiger charge is 2.19. The molecule has 0 amide bonds. The SMILES string of the molecule is C(=C\c1ccccc1)/CN1CCN(CCCCn2c3c(c4ccccc42)CCCC3)CC1.Cl. The third kappa shape index (κ3) is 5.90. The molecular weight excluding hydrogens is 426 g/mol. The van der Waals surface area contributed by atoms with Gasteiger partial charge in [-0.2, -0.15) is 0 Å². The summed E-state index contributed by atoms with van der Waals surface area (Å²) in [6, 6.07) is 19.7. The molecule has 1 aliphatic carbocycles. The molecule has 1 aliphatic heterocycles. The molecule has 0 spiro atoms.